The number of rotatable bonds is 7. The molecule has 0 aliphatic rings. The zero-order chi connectivity index (χ0) is 14.2. The van der Waals surface area contributed by atoms with E-state index in [0.29, 0.717) is 26.0 Å². The molecule has 0 saturated carbocycles. The molecule has 0 fully saturated rings. The summed E-state index contributed by atoms with van der Waals surface area (Å²) in [7, 11) is 0. The van der Waals surface area contributed by atoms with Crippen molar-refractivity contribution in [2.75, 3.05) is 13.2 Å². The van der Waals surface area contributed by atoms with Crippen molar-refractivity contribution in [2.24, 2.45) is 0 Å². The van der Waals surface area contributed by atoms with E-state index in [2.05, 4.69) is 20.5 Å². The monoisotopic (exact) mass is 274 g/mol. The zero-order valence-electron chi connectivity index (χ0n) is 11.4. The summed E-state index contributed by atoms with van der Waals surface area (Å²) >= 11 is 0. The number of hydrogen-bond donors (Lipinski definition) is 2. The van der Waals surface area contributed by atoms with Crippen LogP contribution in [0.5, 0.6) is 5.75 Å². The molecule has 0 spiro atoms. The summed E-state index contributed by atoms with van der Waals surface area (Å²) in [5, 5.41) is 9.35. The third-order valence-electron chi connectivity index (χ3n) is 2.75. The third-order valence-corrected chi connectivity index (χ3v) is 2.75. The molecule has 0 saturated heterocycles. The molecule has 20 heavy (non-hydrogen) atoms. The van der Waals surface area contributed by atoms with Crippen molar-refractivity contribution in [3.63, 3.8) is 0 Å². The van der Waals surface area contributed by atoms with E-state index in [1.165, 1.54) is 6.33 Å². The van der Waals surface area contributed by atoms with Crippen LogP contribution in [-0.4, -0.2) is 34.2 Å². The van der Waals surface area contributed by atoms with Crippen LogP contribution in [0.15, 0.2) is 30.6 Å². The lowest BCUT2D eigenvalue weighted by Crippen LogP contribution is -2.27. The first-order chi connectivity index (χ1) is 9.78. The Bertz CT molecular complexity index is 523. The van der Waals surface area contributed by atoms with E-state index < -0.39 is 0 Å². The van der Waals surface area contributed by atoms with Gasteiger partial charge in [0.1, 0.15) is 17.9 Å². The fourth-order valence-corrected chi connectivity index (χ4v) is 1.79. The molecule has 0 radical (unpaired) electrons. The predicted octanol–water partition coefficient (Wildman–Crippen LogP) is 1.10. The van der Waals surface area contributed by atoms with Gasteiger partial charge in [0, 0.05) is 13.0 Å². The van der Waals surface area contributed by atoms with Crippen molar-refractivity contribution in [1.29, 1.82) is 0 Å². The molecule has 6 heteroatoms. The van der Waals surface area contributed by atoms with E-state index in [1.54, 1.807) is 0 Å². The Morgan fingerprint density at radius 3 is 2.80 bits per heavy atom. The highest BCUT2D eigenvalue weighted by Crippen LogP contribution is 2.12. The van der Waals surface area contributed by atoms with Crippen molar-refractivity contribution in [1.82, 2.24) is 20.5 Å². The minimum Gasteiger partial charge on any atom is -0.494 e. The van der Waals surface area contributed by atoms with Crippen LogP contribution in [-0.2, 0) is 17.6 Å². The number of nitrogens with one attached hydrogen (secondary N) is 2. The molecular formula is C14H18N4O2. The largest absolute Gasteiger partial charge is 0.494 e. The quantitative estimate of drug-likeness (QED) is 0.792. The average Bonchev–Trinajstić information content (AvgIpc) is 2.94. The molecule has 0 unspecified atom stereocenters. The minimum atomic E-state index is -0.00586. The molecule has 0 atom stereocenters. The smallest absolute Gasteiger partial charge is 0.224 e. The normalized spacial score (nSPS) is 10.2. The number of carbonyl (C=O) groups excluding carboxylic acids is 1. The minimum absolute atomic E-state index is 0.00586. The van der Waals surface area contributed by atoms with Gasteiger partial charge in [-0.15, -0.1) is 0 Å². The van der Waals surface area contributed by atoms with E-state index in [0.717, 1.165) is 17.1 Å². The van der Waals surface area contributed by atoms with E-state index in [1.807, 2.05) is 31.2 Å². The van der Waals surface area contributed by atoms with Gasteiger partial charge in [-0.05, 0) is 24.6 Å². The van der Waals surface area contributed by atoms with Crippen molar-refractivity contribution < 1.29 is 9.53 Å². The Hall–Kier alpha value is -2.37. The topological polar surface area (TPSA) is 79.9 Å². The zero-order valence-corrected chi connectivity index (χ0v) is 11.4. The molecule has 2 N–H and O–H groups in total. The Kier molecular flexibility index (Phi) is 5.11. The van der Waals surface area contributed by atoms with Crippen LogP contribution in [0.25, 0.3) is 0 Å². The fourth-order valence-electron chi connectivity index (χ4n) is 1.79. The first-order valence-electron chi connectivity index (χ1n) is 6.60. The second-order valence-corrected chi connectivity index (χ2v) is 4.29. The van der Waals surface area contributed by atoms with Crippen molar-refractivity contribution in [3.8, 4) is 5.75 Å². The number of amides is 1. The number of H-pyrrole nitrogens is 1. The standard InChI is InChI=1S/C14H18N4O2/c1-2-20-12-5-3-11(4-6-12)9-14(19)15-8-7-13-16-10-17-18-13/h3-6,10H,2,7-9H2,1H3,(H,15,19)(H,16,17,18). The summed E-state index contributed by atoms with van der Waals surface area (Å²) in [5.41, 5.74) is 0.964. The summed E-state index contributed by atoms with van der Waals surface area (Å²) in [6, 6.07) is 7.56. The molecule has 2 rings (SSSR count). The van der Waals surface area contributed by atoms with Crippen LogP contribution in [0.1, 0.15) is 18.3 Å². The molecular weight excluding hydrogens is 256 g/mol. The van der Waals surface area contributed by atoms with Gasteiger partial charge in [0.2, 0.25) is 5.91 Å². The Labute approximate surface area is 117 Å². The predicted molar refractivity (Wildman–Crippen MR) is 74.4 cm³/mol. The van der Waals surface area contributed by atoms with Gasteiger partial charge in [-0.25, -0.2) is 4.98 Å². The summed E-state index contributed by atoms with van der Waals surface area (Å²) in [5.74, 6) is 1.59. The maximum absolute atomic E-state index is 11.8. The third kappa shape index (κ3) is 4.38. The van der Waals surface area contributed by atoms with Gasteiger partial charge in [-0.2, -0.15) is 5.10 Å². The lowest BCUT2D eigenvalue weighted by molar-refractivity contribution is -0.120. The van der Waals surface area contributed by atoms with Crippen LogP contribution < -0.4 is 10.1 Å². The molecule has 1 amide bonds. The first-order valence-corrected chi connectivity index (χ1v) is 6.60. The molecule has 1 heterocycles. The lowest BCUT2D eigenvalue weighted by atomic mass is 10.1. The Balaban J connectivity index is 1.73. The molecule has 1 aromatic heterocycles. The molecule has 0 aliphatic heterocycles. The van der Waals surface area contributed by atoms with Gasteiger partial charge < -0.3 is 10.1 Å². The number of aromatic nitrogens is 3. The fraction of sp³-hybridized carbons (Fsp3) is 0.357. The number of ether oxygens (including phenoxy) is 1. The van der Waals surface area contributed by atoms with Crippen LogP contribution in [0, 0.1) is 0 Å². The van der Waals surface area contributed by atoms with Gasteiger partial charge in [0.05, 0.1) is 13.0 Å². The highest BCUT2D eigenvalue weighted by Gasteiger charge is 2.04. The Morgan fingerprint density at radius 2 is 2.15 bits per heavy atom. The summed E-state index contributed by atoms with van der Waals surface area (Å²) < 4.78 is 5.36. The van der Waals surface area contributed by atoms with E-state index in [9.17, 15) is 4.79 Å². The number of nitrogens with zero attached hydrogens (tertiary/aromatic N) is 2. The van der Waals surface area contributed by atoms with Crippen LogP contribution in [0.3, 0.4) is 0 Å². The average molecular weight is 274 g/mol. The van der Waals surface area contributed by atoms with Crippen molar-refractivity contribution in [3.05, 3.63) is 42.0 Å². The number of carbonyl (C=O) groups is 1. The number of aromatic amines is 1. The molecule has 0 aliphatic carbocycles. The second-order valence-electron chi connectivity index (χ2n) is 4.29. The summed E-state index contributed by atoms with van der Waals surface area (Å²) in [4.78, 5) is 15.8. The maximum atomic E-state index is 11.8. The summed E-state index contributed by atoms with van der Waals surface area (Å²) in [6.45, 7) is 3.13. The second kappa shape index (κ2) is 7.28. The Morgan fingerprint density at radius 1 is 1.35 bits per heavy atom. The molecule has 0 bridgehead atoms. The van der Waals surface area contributed by atoms with E-state index in [-0.39, 0.29) is 5.91 Å². The van der Waals surface area contributed by atoms with Gasteiger partial charge in [-0.1, -0.05) is 12.1 Å². The summed E-state index contributed by atoms with van der Waals surface area (Å²) in [6.07, 6.45) is 2.47. The maximum Gasteiger partial charge on any atom is 0.224 e. The van der Waals surface area contributed by atoms with Crippen molar-refractivity contribution >= 4 is 5.91 Å². The number of hydrogen-bond acceptors (Lipinski definition) is 4. The highest BCUT2D eigenvalue weighted by molar-refractivity contribution is 5.78. The molecule has 1 aromatic carbocycles. The highest BCUT2D eigenvalue weighted by atomic mass is 16.5. The van der Waals surface area contributed by atoms with Gasteiger partial charge in [0.25, 0.3) is 0 Å². The van der Waals surface area contributed by atoms with Crippen molar-refractivity contribution in [2.45, 2.75) is 19.8 Å². The van der Waals surface area contributed by atoms with E-state index in [4.69, 9.17) is 4.74 Å². The van der Waals surface area contributed by atoms with E-state index >= 15 is 0 Å². The van der Waals surface area contributed by atoms with Gasteiger partial charge in [-0.3, -0.25) is 9.89 Å². The van der Waals surface area contributed by atoms with Gasteiger partial charge in [0.15, 0.2) is 0 Å². The van der Waals surface area contributed by atoms with Crippen LogP contribution in [0.4, 0.5) is 0 Å². The van der Waals surface area contributed by atoms with Gasteiger partial charge >= 0.3 is 0 Å². The SMILES string of the molecule is CCOc1ccc(CC(=O)NCCc2ncn[nH]2)cc1. The molecule has 2 aromatic rings. The molecule has 6 nitrogen and oxygen atoms in total. The van der Waals surface area contributed by atoms with Crippen LogP contribution >= 0.6 is 0 Å². The van der Waals surface area contributed by atoms with Crippen LogP contribution in [0.2, 0.25) is 0 Å². The first kappa shape index (κ1) is 14.0. The lowest BCUT2D eigenvalue weighted by Gasteiger charge is -2.06. The number of benzene rings is 1. The molecule has 106 valence electrons.